The fourth-order valence-corrected chi connectivity index (χ4v) is 2.31. The third kappa shape index (κ3) is 3.68. The van der Waals surface area contributed by atoms with Gasteiger partial charge in [-0.15, -0.1) is 0 Å². The standard InChI is InChI=1S/C14H21N3O3/c15-5-1-9-20-11-3-7-17(8-4-11)14(19)12-10-16-6-2-13(12)18/h2,6,10-11H,1,3-5,7-9,15H2,(H,16,18). The van der Waals surface area contributed by atoms with Crippen molar-refractivity contribution in [2.24, 2.45) is 5.73 Å². The van der Waals surface area contributed by atoms with E-state index in [1.807, 2.05) is 0 Å². The van der Waals surface area contributed by atoms with Crippen LogP contribution in [0, 0.1) is 0 Å². The molecular formula is C14H21N3O3. The zero-order chi connectivity index (χ0) is 14.4. The third-order valence-corrected chi connectivity index (χ3v) is 3.49. The Hall–Kier alpha value is -1.66. The highest BCUT2D eigenvalue weighted by atomic mass is 16.5. The van der Waals surface area contributed by atoms with Gasteiger partial charge in [0.05, 0.1) is 6.10 Å². The molecule has 1 amide bonds. The Bertz CT molecular complexity index is 492. The van der Waals surface area contributed by atoms with Crippen LogP contribution in [0.25, 0.3) is 0 Å². The Morgan fingerprint density at radius 1 is 1.45 bits per heavy atom. The van der Waals surface area contributed by atoms with Crippen molar-refractivity contribution in [3.8, 4) is 0 Å². The molecule has 6 nitrogen and oxygen atoms in total. The number of rotatable bonds is 5. The van der Waals surface area contributed by atoms with Crippen LogP contribution in [-0.2, 0) is 4.74 Å². The van der Waals surface area contributed by atoms with Gasteiger partial charge in [0.15, 0.2) is 5.43 Å². The summed E-state index contributed by atoms with van der Waals surface area (Å²) in [7, 11) is 0. The molecule has 0 spiro atoms. The number of hydrogen-bond acceptors (Lipinski definition) is 4. The quantitative estimate of drug-likeness (QED) is 0.761. The molecule has 1 aliphatic rings. The van der Waals surface area contributed by atoms with Gasteiger partial charge < -0.3 is 20.4 Å². The first kappa shape index (κ1) is 14.7. The molecule has 0 bridgehead atoms. The summed E-state index contributed by atoms with van der Waals surface area (Å²) in [5.74, 6) is -0.202. The van der Waals surface area contributed by atoms with Crippen LogP contribution in [0.4, 0.5) is 0 Å². The van der Waals surface area contributed by atoms with Crippen molar-refractivity contribution in [3.05, 3.63) is 34.2 Å². The molecular weight excluding hydrogens is 258 g/mol. The highest BCUT2D eigenvalue weighted by Crippen LogP contribution is 2.15. The lowest BCUT2D eigenvalue weighted by molar-refractivity contribution is 0.00840. The van der Waals surface area contributed by atoms with Gasteiger partial charge in [-0.1, -0.05) is 0 Å². The van der Waals surface area contributed by atoms with E-state index in [2.05, 4.69) is 4.98 Å². The van der Waals surface area contributed by atoms with Crippen molar-refractivity contribution in [2.75, 3.05) is 26.2 Å². The van der Waals surface area contributed by atoms with Crippen molar-refractivity contribution in [3.63, 3.8) is 0 Å². The molecule has 1 saturated heterocycles. The van der Waals surface area contributed by atoms with Gasteiger partial charge in [-0.2, -0.15) is 0 Å². The van der Waals surface area contributed by atoms with Crippen LogP contribution in [0.1, 0.15) is 29.6 Å². The van der Waals surface area contributed by atoms with E-state index < -0.39 is 0 Å². The topological polar surface area (TPSA) is 88.4 Å². The molecule has 1 aliphatic heterocycles. The number of carbonyl (C=O) groups excluding carboxylic acids is 1. The van der Waals surface area contributed by atoms with Gasteiger partial charge in [-0.25, -0.2) is 0 Å². The molecule has 20 heavy (non-hydrogen) atoms. The number of aromatic amines is 1. The number of aromatic nitrogens is 1. The van der Waals surface area contributed by atoms with Crippen LogP contribution in [0.15, 0.2) is 23.3 Å². The summed E-state index contributed by atoms with van der Waals surface area (Å²) in [6.07, 6.45) is 5.66. The van der Waals surface area contributed by atoms with Gasteiger partial charge in [0, 0.05) is 38.2 Å². The van der Waals surface area contributed by atoms with Gasteiger partial charge in [0.2, 0.25) is 0 Å². The smallest absolute Gasteiger partial charge is 0.259 e. The van der Waals surface area contributed by atoms with E-state index >= 15 is 0 Å². The molecule has 1 aromatic rings. The number of amides is 1. The molecule has 1 aromatic heterocycles. The number of carbonyl (C=O) groups is 1. The lowest BCUT2D eigenvalue weighted by Gasteiger charge is -2.31. The maximum atomic E-state index is 12.2. The normalized spacial score (nSPS) is 16.4. The summed E-state index contributed by atoms with van der Waals surface area (Å²) in [6, 6.07) is 1.37. The fourth-order valence-electron chi connectivity index (χ4n) is 2.31. The van der Waals surface area contributed by atoms with Gasteiger partial charge in [-0.3, -0.25) is 9.59 Å². The number of nitrogens with zero attached hydrogens (tertiary/aromatic N) is 1. The van der Waals surface area contributed by atoms with Crippen molar-refractivity contribution < 1.29 is 9.53 Å². The van der Waals surface area contributed by atoms with Crippen LogP contribution in [0.3, 0.4) is 0 Å². The monoisotopic (exact) mass is 279 g/mol. The van der Waals surface area contributed by atoms with E-state index in [1.165, 1.54) is 18.5 Å². The number of nitrogens with two attached hydrogens (primary N) is 1. The molecule has 0 aliphatic carbocycles. The van der Waals surface area contributed by atoms with Crippen LogP contribution < -0.4 is 11.2 Å². The summed E-state index contributed by atoms with van der Waals surface area (Å²) in [5, 5.41) is 0. The maximum absolute atomic E-state index is 12.2. The van der Waals surface area contributed by atoms with E-state index in [-0.39, 0.29) is 23.0 Å². The zero-order valence-corrected chi connectivity index (χ0v) is 11.5. The fraction of sp³-hybridized carbons (Fsp3) is 0.571. The van der Waals surface area contributed by atoms with E-state index in [0.29, 0.717) is 26.2 Å². The molecule has 0 saturated carbocycles. The number of ether oxygens (including phenoxy) is 1. The summed E-state index contributed by atoms with van der Waals surface area (Å²) in [4.78, 5) is 28.4. The Morgan fingerprint density at radius 2 is 2.20 bits per heavy atom. The molecule has 0 radical (unpaired) electrons. The van der Waals surface area contributed by atoms with Crippen LogP contribution in [0.2, 0.25) is 0 Å². The summed E-state index contributed by atoms with van der Waals surface area (Å²) in [6.45, 7) is 2.56. The molecule has 2 rings (SSSR count). The zero-order valence-electron chi connectivity index (χ0n) is 11.5. The largest absolute Gasteiger partial charge is 0.378 e. The third-order valence-electron chi connectivity index (χ3n) is 3.49. The van der Waals surface area contributed by atoms with E-state index in [9.17, 15) is 9.59 Å². The number of hydrogen-bond donors (Lipinski definition) is 2. The number of pyridine rings is 1. The van der Waals surface area contributed by atoms with Crippen molar-refractivity contribution in [2.45, 2.75) is 25.4 Å². The Balaban J connectivity index is 1.86. The first-order valence-electron chi connectivity index (χ1n) is 7.00. The van der Waals surface area contributed by atoms with Crippen LogP contribution >= 0.6 is 0 Å². The molecule has 0 atom stereocenters. The van der Waals surface area contributed by atoms with E-state index in [4.69, 9.17) is 10.5 Å². The SMILES string of the molecule is NCCCOC1CCN(C(=O)c2c[nH]ccc2=O)CC1. The Labute approximate surface area is 117 Å². The van der Waals surface area contributed by atoms with Gasteiger partial charge in [0.25, 0.3) is 5.91 Å². The van der Waals surface area contributed by atoms with Crippen molar-refractivity contribution in [1.82, 2.24) is 9.88 Å². The Morgan fingerprint density at radius 3 is 2.85 bits per heavy atom. The summed E-state index contributed by atoms with van der Waals surface area (Å²) in [5.41, 5.74) is 5.38. The minimum absolute atomic E-state index is 0.194. The number of piperidine rings is 1. The number of H-pyrrole nitrogens is 1. The minimum Gasteiger partial charge on any atom is -0.378 e. The average Bonchev–Trinajstić information content (AvgIpc) is 2.48. The predicted octanol–water partition coefficient (Wildman–Crippen LogP) is 0.345. The second-order valence-corrected chi connectivity index (χ2v) is 4.93. The van der Waals surface area contributed by atoms with Gasteiger partial charge in [-0.05, 0) is 25.8 Å². The lowest BCUT2D eigenvalue weighted by Crippen LogP contribution is -2.42. The minimum atomic E-state index is -0.241. The molecule has 2 heterocycles. The molecule has 3 N–H and O–H groups in total. The summed E-state index contributed by atoms with van der Waals surface area (Å²) < 4.78 is 5.69. The number of nitrogens with one attached hydrogen (secondary N) is 1. The Kier molecular flexibility index (Phi) is 5.31. The number of likely N-dealkylation sites (tertiary alicyclic amines) is 1. The van der Waals surface area contributed by atoms with Crippen molar-refractivity contribution >= 4 is 5.91 Å². The average molecular weight is 279 g/mol. The predicted molar refractivity (Wildman–Crippen MR) is 75.6 cm³/mol. The van der Waals surface area contributed by atoms with Gasteiger partial charge in [0.1, 0.15) is 5.56 Å². The van der Waals surface area contributed by atoms with Crippen molar-refractivity contribution in [1.29, 1.82) is 0 Å². The molecule has 1 fully saturated rings. The second kappa shape index (κ2) is 7.21. The lowest BCUT2D eigenvalue weighted by atomic mass is 10.1. The van der Waals surface area contributed by atoms with E-state index in [0.717, 1.165) is 19.3 Å². The molecule has 0 unspecified atom stereocenters. The van der Waals surface area contributed by atoms with E-state index in [1.54, 1.807) is 4.90 Å². The molecule has 0 aromatic carbocycles. The molecule has 110 valence electrons. The first-order chi connectivity index (χ1) is 9.72. The van der Waals surface area contributed by atoms with Crippen LogP contribution in [0.5, 0.6) is 0 Å². The highest BCUT2D eigenvalue weighted by Gasteiger charge is 2.25. The summed E-state index contributed by atoms with van der Waals surface area (Å²) >= 11 is 0. The van der Waals surface area contributed by atoms with Crippen LogP contribution in [-0.4, -0.2) is 48.1 Å². The first-order valence-corrected chi connectivity index (χ1v) is 7.00. The highest BCUT2D eigenvalue weighted by molar-refractivity contribution is 5.93. The second-order valence-electron chi connectivity index (χ2n) is 4.93. The maximum Gasteiger partial charge on any atom is 0.259 e. The van der Waals surface area contributed by atoms with Gasteiger partial charge >= 0.3 is 0 Å². The molecule has 6 heteroatoms.